The first-order valence-corrected chi connectivity index (χ1v) is 8.00. The van der Waals surface area contributed by atoms with Gasteiger partial charge in [-0.05, 0) is 30.3 Å². The largest absolute Gasteiger partial charge is 0.477 e. The van der Waals surface area contributed by atoms with Crippen molar-refractivity contribution in [3.8, 4) is 0 Å². The maximum absolute atomic E-state index is 12.3. The van der Waals surface area contributed by atoms with Crippen LogP contribution in [0.15, 0.2) is 66.6 Å². The van der Waals surface area contributed by atoms with Crippen molar-refractivity contribution in [2.45, 2.75) is 0 Å². The minimum atomic E-state index is -1.59. The Bertz CT molecular complexity index is 1080. The maximum atomic E-state index is 12.3. The molecule has 2 aromatic carbocycles. The van der Waals surface area contributed by atoms with Gasteiger partial charge in [0.05, 0.1) is 5.52 Å². The van der Waals surface area contributed by atoms with E-state index in [0.717, 1.165) is 6.20 Å². The first-order chi connectivity index (χ1) is 13.5. The van der Waals surface area contributed by atoms with Crippen LogP contribution in [-0.2, 0) is 9.59 Å². The molecule has 9 nitrogen and oxygen atoms in total. The topological polar surface area (TPSA) is 142 Å². The quantitative estimate of drug-likeness (QED) is 0.291. The van der Waals surface area contributed by atoms with Crippen molar-refractivity contribution < 1.29 is 24.6 Å². The third-order valence-corrected chi connectivity index (χ3v) is 3.74. The number of hydrogen-bond donors (Lipinski definition) is 4. The highest BCUT2D eigenvalue weighted by Crippen LogP contribution is 2.23. The second-order valence-electron chi connectivity index (χ2n) is 5.59. The lowest BCUT2D eigenvalue weighted by Crippen LogP contribution is -2.13. The van der Waals surface area contributed by atoms with E-state index in [0.29, 0.717) is 22.2 Å². The smallest absolute Gasteiger partial charge is 0.344 e. The minimum absolute atomic E-state index is 0.195. The molecular weight excluding hydrogens is 364 g/mol. The molecule has 0 aliphatic rings. The average Bonchev–Trinajstić information content (AvgIpc) is 2.68. The fourth-order valence-corrected chi connectivity index (χ4v) is 2.40. The van der Waals surface area contributed by atoms with E-state index in [1.54, 1.807) is 48.5 Å². The molecule has 0 saturated carbocycles. The number of nitrogens with zero attached hydrogens (tertiary/aromatic N) is 2. The number of benzene rings is 2. The van der Waals surface area contributed by atoms with Gasteiger partial charge in [0.1, 0.15) is 12.1 Å². The van der Waals surface area contributed by atoms with Gasteiger partial charge in [-0.2, -0.15) is 0 Å². The Morgan fingerprint density at radius 1 is 0.929 bits per heavy atom. The lowest BCUT2D eigenvalue weighted by molar-refractivity contribution is -0.140. The Morgan fingerprint density at radius 2 is 1.64 bits per heavy atom. The van der Waals surface area contributed by atoms with Crippen LogP contribution in [-0.4, -0.2) is 38.0 Å². The molecule has 1 amide bonds. The van der Waals surface area contributed by atoms with Gasteiger partial charge in [0, 0.05) is 22.8 Å². The highest BCUT2D eigenvalue weighted by atomic mass is 16.4. The summed E-state index contributed by atoms with van der Waals surface area (Å²) in [5.41, 5.74) is 0.636. The van der Waals surface area contributed by atoms with Gasteiger partial charge in [0.15, 0.2) is 5.57 Å². The van der Waals surface area contributed by atoms with E-state index >= 15 is 0 Å². The molecule has 1 heterocycles. The number of aliphatic carboxylic acids is 2. The zero-order valence-electron chi connectivity index (χ0n) is 14.3. The first-order valence-electron chi connectivity index (χ1n) is 8.00. The van der Waals surface area contributed by atoms with E-state index in [4.69, 9.17) is 10.2 Å². The molecular formula is C19H14N4O5. The van der Waals surface area contributed by atoms with Crippen LogP contribution in [0, 0.1) is 0 Å². The van der Waals surface area contributed by atoms with Gasteiger partial charge >= 0.3 is 11.9 Å². The number of aromatic nitrogens is 2. The molecule has 28 heavy (non-hydrogen) atoms. The summed E-state index contributed by atoms with van der Waals surface area (Å²) in [6.07, 6.45) is 2.09. The SMILES string of the molecule is O=C(O)C(=CNc1ncnc2ccc(NC(=O)c3ccccc3)cc12)C(=O)O. The minimum Gasteiger partial charge on any atom is -0.477 e. The highest BCUT2D eigenvalue weighted by molar-refractivity contribution is 6.12. The molecule has 0 saturated heterocycles. The molecule has 9 heteroatoms. The normalized spacial score (nSPS) is 10.1. The molecule has 4 N–H and O–H groups in total. The van der Waals surface area contributed by atoms with Gasteiger partial charge in [0.25, 0.3) is 5.91 Å². The van der Waals surface area contributed by atoms with Crippen LogP contribution in [0.3, 0.4) is 0 Å². The Hall–Kier alpha value is -4.27. The fourth-order valence-electron chi connectivity index (χ4n) is 2.40. The standard InChI is InChI=1S/C19H14N4O5/c24-17(11-4-2-1-3-5-11)23-12-6-7-15-13(8-12)16(22-10-21-15)20-9-14(18(25)26)19(27)28/h1-10H,(H,23,24)(H,25,26)(H,27,28)(H,20,21,22). The summed E-state index contributed by atoms with van der Waals surface area (Å²) < 4.78 is 0. The summed E-state index contributed by atoms with van der Waals surface area (Å²) in [6.45, 7) is 0. The Morgan fingerprint density at radius 3 is 2.32 bits per heavy atom. The molecule has 0 aliphatic heterocycles. The lowest BCUT2D eigenvalue weighted by atomic mass is 10.2. The number of nitrogens with one attached hydrogen (secondary N) is 2. The molecule has 0 atom stereocenters. The molecule has 0 spiro atoms. The number of carboxylic acid groups (broad SMARTS) is 2. The van der Waals surface area contributed by atoms with Gasteiger partial charge in [-0.3, -0.25) is 4.79 Å². The van der Waals surface area contributed by atoms with Crippen LogP contribution in [0.1, 0.15) is 10.4 Å². The van der Waals surface area contributed by atoms with Crippen LogP contribution >= 0.6 is 0 Å². The molecule has 0 fully saturated rings. The van der Waals surface area contributed by atoms with Gasteiger partial charge in [-0.15, -0.1) is 0 Å². The summed E-state index contributed by atoms with van der Waals surface area (Å²) in [7, 11) is 0. The monoisotopic (exact) mass is 378 g/mol. The molecule has 3 rings (SSSR count). The zero-order valence-corrected chi connectivity index (χ0v) is 14.3. The first kappa shape index (κ1) is 18.5. The van der Waals surface area contributed by atoms with Crippen LogP contribution in [0.2, 0.25) is 0 Å². The van der Waals surface area contributed by atoms with E-state index < -0.39 is 17.5 Å². The number of carbonyl (C=O) groups excluding carboxylic acids is 1. The van der Waals surface area contributed by atoms with E-state index in [1.807, 2.05) is 0 Å². The van der Waals surface area contributed by atoms with E-state index in [9.17, 15) is 14.4 Å². The number of rotatable bonds is 6. The van der Waals surface area contributed by atoms with E-state index in [1.165, 1.54) is 6.33 Å². The molecule has 140 valence electrons. The molecule has 0 bridgehead atoms. The van der Waals surface area contributed by atoms with Crippen molar-refractivity contribution in [1.29, 1.82) is 0 Å². The Balaban J connectivity index is 1.92. The van der Waals surface area contributed by atoms with Crippen molar-refractivity contribution >= 4 is 40.3 Å². The number of amides is 1. The summed E-state index contributed by atoms with van der Waals surface area (Å²) in [5.74, 6) is -3.28. The van der Waals surface area contributed by atoms with Gasteiger partial charge in [0.2, 0.25) is 0 Å². The Kier molecular flexibility index (Phi) is 5.26. The molecule has 1 aromatic heterocycles. The summed E-state index contributed by atoms with van der Waals surface area (Å²) in [4.78, 5) is 42.3. The predicted molar refractivity (Wildman–Crippen MR) is 101 cm³/mol. The average molecular weight is 378 g/mol. The van der Waals surface area contributed by atoms with Gasteiger partial charge in [-0.1, -0.05) is 18.2 Å². The predicted octanol–water partition coefficient (Wildman–Crippen LogP) is 2.35. The van der Waals surface area contributed by atoms with E-state index in [2.05, 4.69) is 20.6 Å². The van der Waals surface area contributed by atoms with Crippen molar-refractivity contribution in [3.63, 3.8) is 0 Å². The third kappa shape index (κ3) is 4.10. The lowest BCUT2D eigenvalue weighted by Gasteiger charge is -2.09. The highest BCUT2D eigenvalue weighted by Gasteiger charge is 2.16. The fraction of sp³-hybridized carbons (Fsp3) is 0. The molecule has 3 aromatic rings. The number of hydrogen-bond acceptors (Lipinski definition) is 6. The summed E-state index contributed by atoms with van der Waals surface area (Å²) in [6, 6.07) is 13.6. The van der Waals surface area contributed by atoms with Crippen molar-refractivity contribution in [3.05, 3.63) is 72.2 Å². The number of anilines is 2. The number of fused-ring (bicyclic) bond motifs is 1. The van der Waals surface area contributed by atoms with Crippen LogP contribution in [0.25, 0.3) is 10.9 Å². The zero-order chi connectivity index (χ0) is 20.1. The Labute approximate surface area is 158 Å². The third-order valence-electron chi connectivity index (χ3n) is 3.74. The maximum Gasteiger partial charge on any atom is 0.344 e. The molecule has 0 unspecified atom stereocenters. The van der Waals surface area contributed by atoms with E-state index in [-0.39, 0.29) is 11.7 Å². The van der Waals surface area contributed by atoms with Crippen molar-refractivity contribution in [1.82, 2.24) is 9.97 Å². The number of carboxylic acids is 2. The van der Waals surface area contributed by atoms with Gasteiger partial charge in [-0.25, -0.2) is 19.6 Å². The van der Waals surface area contributed by atoms with Crippen LogP contribution in [0.5, 0.6) is 0 Å². The van der Waals surface area contributed by atoms with Crippen LogP contribution in [0.4, 0.5) is 11.5 Å². The number of carbonyl (C=O) groups is 3. The second kappa shape index (κ2) is 7.96. The molecule has 0 radical (unpaired) electrons. The second-order valence-corrected chi connectivity index (χ2v) is 5.59. The van der Waals surface area contributed by atoms with Gasteiger partial charge < -0.3 is 20.8 Å². The van der Waals surface area contributed by atoms with Crippen molar-refractivity contribution in [2.75, 3.05) is 10.6 Å². The van der Waals surface area contributed by atoms with Crippen molar-refractivity contribution in [2.24, 2.45) is 0 Å². The summed E-state index contributed by atoms with van der Waals surface area (Å²) >= 11 is 0. The molecule has 0 aliphatic carbocycles. The van der Waals surface area contributed by atoms with Crippen LogP contribution < -0.4 is 10.6 Å². The summed E-state index contributed by atoms with van der Waals surface area (Å²) in [5, 5.41) is 23.6.